The van der Waals surface area contributed by atoms with E-state index in [2.05, 4.69) is 44.1 Å². The van der Waals surface area contributed by atoms with Gasteiger partial charge in [0, 0.05) is 12.5 Å². The summed E-state index contributed by atoms with van der Waals surface area (Å²) in [6.45, 7) is 16.0. The van der Waals surface area contributed by atoms with Gasteiger partial charge in [0.25, 0.3) is 0 Å². The second-order valence-corrected chi connectivity index (χ2v) is 6.79. The number of hydrogen-bond acceptors (Lipinski definition) is 3. The van der Waals surface area contributed by atoms with Crippen LogP contribution < -0.4 is 51.4 Å². The molecule has 4 heteroatoms. The van der Waals surface area contributed by atoms with E-state index >= 15 is 0 Å². The van der Waals surface area contributed by atoms with Crippen molar-refractivity contribution in [3.05, 3.63) is 35.2 Å². The Morgan fingerprint density at radius 2 is 1.88 bits per heavy atom. The van der Waals surface area contributed by atoms with Crippen molar-refractivity contribution in [2.45, 2.75) is 61.8 Å². The Kier molecular flexibility index (Phi) is 19.2. The Labute approximate surface area is 191 Å². The Bertz CT molecular complexity index is 521. The van der Waals surface area contributed by atoms with Crippen LogP contribution in [0.1, 0.15) is 66.0 Å². The molecule has 0 atom stereocenters. The summed E-state index contributed by atoms with van der Waals surface area (Å²) in [4.78, 5) is 13.7. The number of aldehydes is 1. The van der Waals surface area contributed by atoms with Crippen molar-refractivity contribution in [2.75, 3.05) is 0 Å². The first-order valence-electron chi connectivity index (χ1n) is 7.57. The molecule has 0 saturated carbocycles. The van der Waals surface area contributed by atoms with E-state index in [4.69, 9.17) is 5.26 Å². The van der Waals surface area contributed by atoms with Crippen molar-refractivity contribution in [2.24, 2.45) is 10.4 Å². The number of nitrogens with zero attached hydrogens (tertiary/aromatic N) is 2. The molecule has 3 nitrogen and oxygen atoms in total. The molecule has 1 rings (SSSR count). The summed E-state index contributed by atoms with van der Waals surface area (Å²) in [6, 6.07) is 8.41. The Morgan fingerprint density at radius 1 is 1.38 bits per heavy atom. The van der Waals surface area contributed by atoms with Crippen molar-refractivity contribution in [3.8, 4) is 6.07 Å². The van der Waals surface area contributed by atoms with Gasteiger partial charge >= 0.3 is 51.4 Å². The molecule has 0 fully saturated rings. The van der Waals surface area contributed by atoms with E-state index in [1.54, 1.807) is 13.0 Å². The predicted molar refractivity (Wildman–Crippen MR) is 97.9 cm³/mol. The van der Waals surface area contributed by atoms with E-state index in [9.17, 15) is 4.79 Å². The first-order chi connectivity index (χ1) is 10.6. The normalized spacial score (nSPS) is 9.83. The van der Waals surface area contributed by atoms with Crippen LogP contribution in [0, 0.1) is 35.7 Å². The van der Waals surface area contributed by atoms with Crippen molar-refractivity contribution in [1.29, 1.82) is 5.26 Å². The Balaban J connectivity index is -0.000000316. The molecule has 0 N–H and O–H groups in total. The quantitative estimate of drug-likeness (QED) is 0.355. The molecular weight excluding hydrogens is 323 g/mol. The van der Waals surface area contributed by atoms with Gasteiger partial charge in [0.1, 0.15) is 6.29 Å². The van der Waals surface area contributed by atoms with Crippen LogP contribution in [-0.4, -0.2) is 12.5 Å². The van der Waals surface area contributed by atoms with Gasteiger partial charge in [-0.3, -0.25) is 6.07 Å². The van der Waals surface area contributed by atoms with Gasteiger partial charge in [-0.05, 0) is 5.41 Å². The standard InChI is InChI=1S/C10H8N2.C6H12O.C4H9.K/c1-3-12-10-5-4-9(7-11)8(2)6-10;1-6(2,3)4-5-7;1-4(2)3;/h4,6H,1-2H3;5H,4H2,1-3H3;1-3H3;/q-2;;-1;+1. The third-order valence-corrected chi connectivity index (χ3v) is 2.19. The fourth-order valence-corrected chi connectivity index (χ4v) is 1.14. The molecular formula is C20H29KN2O-2. The molecule has 24 heavy (non-hydrogen) atoms. The summed E-state index contributed by atoms with van der Waals surface area (Å²) < 4.78 is 0. The predicted octanol–water partition coefficient (Wildman–Crippen LogP) is 2.51. The number of aliphatic imine (C=N–C) groups is 1. The maximum absolute atomic E-state index is 9.82. The van der Waals surface area contributed by atoms with Gasteiger partial charge in [0.15, 0.2) is 0 Å². The maximum atomic E-state index is 9.82. The molecule has 128 valence electrons. The molecule has 1 aromatic carbocycles. The van der Waals surface area contributed by atoms with Crippen LogP contribution in [-0.2, 0) is 4.79 Å². The monoisotopic (exact) mass is 352 g/mol. The number of hydrogen-bond donors (Lipinski definition) is 0. The van der Waals surface area contributed by atoms with Crippen molar-refractivity contribution < 1.29 is 56.2 Å². The van der Waals surface area contributed by atoms with Crippen molar-refractivity contribution in [1.82, 2.24) is 0 Å². The minimum Gasteiger partial charge on any atom is -0.482 e. The van der Waals surface area contributed by atoms with Gasteiger partial charge in [-0.2, -0.15) is 38.6 Å². The fraction of sp³-hybridized carbons (Fsp3) is 0.500. The second-order valence-electron chi connectivity index (χ2n) is 6.79. The third kappa shape index (κ3) is 19.7. The van der Waals surface area contributed by atoms with E-state index in [1.165, 1.54) is 5.92 Å². The summed E-state index contributed by atoms with van der Waals surface area (Å²) >= 11 is 0. The summed E-state index contributed by atoms with van der Waals surface area (Å²) in [7, 11) is 0. The van der Waals surface area contributed by atoms with Crippen molar-refractivity contribution in [3.63, 3.8) is 0 Å². The number of rotatable bonds is 2. The van der Waals surface area contributed by atoms with Crippen LogP contribution in [0.5, 0.6) is 0 Å². The molecule has 0 heterocycles. The summed E-state index contributed by atoms with van der Waals surface area (Å²) in [6.07, 6.45) is 4.28. The number of nitriles is 1. The largest absolute Gasteiger partial charge is 1.00 e. The molecule has 0 aliphatic rings. The van der Waals surface area contributed by atoms with E-state index in [0.29, 0.717) is 17.7 Å². The molecule has 0 amide bonds. The van der Waals surface area contributed by atoms with Gasteiger partial charge in [0.2, 0.25) is 0 Å². The average molecular weight is 353 g/mol. The molecule has 0 saturated heterocycles. The van der Waals surface area contributed by atoms with Crippen LogP contribution in [0.25, 0.3) is 0 Å². The average Bonchev–Trinajstić information content (AvgIpc) is 2.38. The van der Waals surface area contributed by atoms with Crippen LogP contribution in [0.3, 0.4) is 0 Å². The van der Waals surface area contributed by atoms with Crippen LogP contribution in [0.4, 0.5) is 5.69 Å². The molecule has 0 spiro atoms. The van der Waals surface area contributed by atoms with Gasteiger partial charge in [0.05, 0.1) is 0 Å². The van der Waals surface area contributed by atoms with E-state index in [1.807, 2.05) is 33.8 Å². The fourth-order valence-electron chi connectivity index (χ4n) is 1.14. The van der Waals surface area contributed by atoms with Gasteiger partial charge < -0.3 is 15.7 Å². The topological polar surface area (TPSA) is 53.2 Å². The minimum absolute atomic E-state index is 0. The third-order valence-electron chi connectivity index (χ3n) is 2.19. The molecule has 0 aliphatic carbocycles. The number of aryl methyl sites for hydroxylation is 1. The zero-order valence-electron chi connectivity index (χ0n) is 16.7. The van der Waals surface area contributed by atoms with Gasteiger partial charge in [-0.25, -0.2) is 17.0 Å². The Hall–Kier alpha value is -0.314. The molecule has 0 bridgehead atoms. The number of carbonyl (C=O) groups is 1. The first kappa shape index (κ1) is 28.5. The zero-order valence-corrected chi connectivity index (χ0v) is 19.9. The van der Waals surface area contributed by atoms with Crippen molar-refractivity contribution >= 4 is 18.2 Å². The van der Waals surface area contributed by atoms with Gasteiger partial charge in [-0.15, -0.1) is 6.92 Å². The maximum Gasteiger partial charge on any atom is 1.00 e. The van der Waals surface area contributed by atoms with E-state index in [0.717, 1.165) is 11.8 Å². The summed E-state index contributed by atoms with van der Waals surface area (Å²) in [5.41, 5.74) is 2.46. The van der Waals surface area contributed by atoms with E-state index < -0.39 is 0 Å². The van der Waals surface area contributed by atoms with Crippen LogP contribution >= 0.6 is 0 Å². The number of benzene rings is 1. The SMILES string of the molecule is CC(C)(C)CC=O.C[C-](C)C.C[C-]=Nc1[c-]cc(C#N)c(C)c1.[K+]. The molecule has 0 aromatic heterocycles. The zero-order chi connectivity index (χ0) is 18.5. The van der Waals surface area contributed by atoms with Crippen LogP contribution in [0.2, 0.25) is 0 Å². The molecule has 0 unspecified atom stereocenters. The number of carbonyl (C=O) groups excluding carboxylic acids is 1. The molecule has 0 radical (unpaired) electrons. The Morgan fingerprint density at radius 3 is 2.12 bits per heavy atom. The van der Waals surface area contributed by atoms with E-state index in [-0.39, 0.29) is 56.8 Å². The summed E-state index contributed by atoms with van der Waals surface area (Å²) in [5.74, 6) is 1.42. The van der Waals surface area contributed by atoms with Gasteiger partial charge in [-0.1, -0.05) is 33.3 Å². The molecule has 1 aromatic rings. The minimum atomic E-state index is 0. The van der Waals surface area contributed by atoms with Crippen LogP contribution in [0.15, 0.2) is 17.1 Å². The summed E-state index contributed by atoms with van der Waals surface area (Å²) in [5, 5.41) is 8.62. The second kappa shape index (κ2) is 16.2. The smallest absolute Gasteiger partial charge is 0.482 e. The first-order valence-corrected chi connectivity index (χ1v) is 7.57. The molecule has 0 aliphatic heterocycles.